The lowest BCUT2D eigenvalue weighted by molar-refractivity contribution is 0.0696. The Kier molecular flexibility index (Phi) is 6.46. The van der Waals surface area contributed by atoms with E-state index in [1.165, 1.54) is 0 Å². The first kappa shape index (κ1) is 20.2. The standard InChI is InChI=1S/C17H21ClN4O3S2/c1-12-16(26-21-20-12)17(23)22-7-5-13(6-8-22)10-19-27(24,25)11-14-3-2-4-15(18)9-14/h2-4,9,13,19H,5-8,10-11H2,1H3. The third-order valence-electron chi connectivity index (χ3n) is 4.59. The van der Waals surface area contributed by atoms with Gasteiger partial charge in [-0.1, -0.05) is 28.2 Å². The summed E-state index contributed by atoms with van der Waals surface area (Å²) in [5.41, 5.74) is 1.31. The summed E-state index contributed by atoms with van der Waals surface area (Å²) < 4.78 is 31.1. The molecule has 1 aliphatic rings. The van der Waals surface area contributed by atoms with Gasteiger partial charge in [-0.3, -0.25) is 4.79 Å². The summed E-state index contributed by atoms with van der Waals surface area (Å²) in [6, 6.07) is 6.84. The van der Waals surface area contributed by atoms with Crippen LogP contribution in [0.15, 0.2) is 24.3 Å². The molecule has 2 heterocycles. The van der Waals surface area contributed by atoms with E-state index < -0.39 is 10.0 Å². The van der Waals surface area contributed by atoms with Crippen molar-refractivity contribution in [3.63, 3.8) is 0 Å². The summed E-state index contributed by atoms with van der Waals surface area (Å²) in [6.45, 7) is 3.37. The van der Waals surface area contributed by atoms with Crippen LogP contribution in [-0.4, -0.2) is 48.4 Å². The van der Waals surface area contributed by atoms with Gasteiger partial charge in [0, 0.05) is 24.7 Å². The van der Waals surface area contributed by atoms with Crippen LogP contribution in [0.25, 0.3) is 0 Å². The second-order valence-corrected chi connectivity index (χ2v) is 9.66. The molecule has 3 rings (SSSR count). The van der Waals surface area contributed by atoms with E-state index in [1.807, 2.05) is 0 Å². The van der Waals surface area contributed by atoms with Gasteiger partial charge >= 0.3 is 0 Å². The Balaban J connectivity index is 1.48. The largest absolute Gasteiger partial charge is 0.338 e. The molecule has 0 aliphatic carbocycles. The van der Waals surface area contributed by atoms with E-state index in [1.54, 1.807) is 36.1 Å². The second-order valence-electron chi connectivity index (χ2n) is 6.66. The molecule has 1 amide bonds. The number of nitrogens with zero attached hydrogens (tertiary/aromatic N) is 3. The van der Waals surface area contributed by atoms with Gasteiger partial charge in [0.15, 0.2) is 0 Å². The third-order valence-corrected chi connectivity index (χ3v) is 6.96. The quantitative estimate of drug-likeness (QED) is 0.762. The van der Waals surface area contributed by atoms with Crippen molar-refractivity contribution in [1.82, 2.24) is 19.2 Å². The molecule has 0 unspecified atom stereocenters. The van der Waals surface area contributed by atoms with Crippen molar-refractivity contribution in [3.05, 3.63) is 45.4 Å². The molecule has 10 heteroatoms. The fourth-order valence-electron chi connectivity index (χ4n) is 3.05. The number of hydrogen-bond donors (Lipinski definition) is 1. The average molecular weight is 429 g/mol. The van der Waals surface area contributed by atoms with Gasteiger partial charge in [0.1, 0.15) is 4.88 Å². The molecule has 0 bridgehead atoms. The number of aryl methyl sites for hydroxylation is 1. The average Bonchev–Trinajstić information content (AvgIpc) is 3.05. The zero-order valence-electron chi connectivity index (χ0n) is 14.9. The number of nitrogens with one attached hydrogen (secondary N) is 1. The van der Waals surface area contributed by atoms with E-state index in [-0.39, 0.29) is 17.6 Å². The second kappa shape index (κ2) is 8.64. The van der Waals surface area contributed by atoms with Crippen LogP contribution in [0, 0.1) is 12.8 Å². The third kappa shape index (κ3) is 5.47. The van der Waals surface area contributed by atoms with Gasteiger partial charge in [0.2, 0.25) is 10.0 Å². The summed E-state index contributed by atoms with van der Waals surface area (Å²) in [5.74, 6) is 0.0779. The molecule has 146 valence electrons. The summed E-state index contributed by atoms with van der Waals surface area (Å²) in [7, 11) is -3.43. The van der Waals surface area contributed by atoms with Crippen molar-refractivity contribution in [2.75, 3.05) is 19.6 Å². The van der Waals surface area contributed by atoms with Gasteiger partial charge in [0.05, 0.1) is 11.4 Å². The van der Waals surface area contributed by atoms with E-state index in [2.05, 4.69) is 14.3 Å². The molecular weight excluding hydrogens is 408 g/mol. The zero-order valence-corrected chi connectivity index (χ0v) is 17.3. The number of amides is 1. The highest BCUT2D eigenvalue weighted by Crippen LogP contribution is 2.21. The van der Waals surface area contributed by atoms with Crippen LogP contribution in [0.5, 0.6) is 0 Å². The molecule has 2 aromatic rings. The Morgan fingerprint density at radius 2 is 2.11 bits per heavy atom. The first-order chi connectivity index (χ1) is 12.8. The molecule has 7 nitrogen and oxygen atoms in total. The number of halogens is 1. The fourth-order valence-corrected chi connectivity index (χ4v) is 5.10. The Morgan fingerprint density at radius 1 is 1.37 bits per heavy atom. The lowest BCUT2D eigenvalue weighted by Gasteiger charge is -2.31. The number of benzene rings is 1. The van der Waals surface area contributed by atoms with Crippen molar-refractivity contribution in [2.45, 2.75) is 25.5 Å². The first-order valence-corrected chi connectivity index (χ1v) is 11.4. The molecule has 27 heavy (non-hydrogen) atoms. The fraction of sp³-hybridized carbons (Fsp3) is 0.471. The predicted molar refractivity (Wildman–Crippen MR) is 105 cm³/mol. The highest BCUT2D eigenvalue weighted by Gasteiger charge is 2.26. The highest BCUT2D eigenvalue weighted by molar-refractivity contribution is 7.88. The van der Waals surface area contributed by atoms with E-state index in [0.29, 0.717) is 40.8 Å². The minimum Gasteiger partial charge on any atom is -0.338 e. The van der Waals surface area contributed by atoms with Gasteiger partial charge in [-0.25, -0.2) is 13.1 Å². The number of carbonyl (C=O) groups excluding carboxylic acids is 1. The maximum Gasteiger partial charge on any atom is 0.267 e. The minimum atomic E-state index is -3.43. The number of hydrogen-bond acceptors (Lipinski definition) is 6. The summed E-state index contributed by atoms with van der Waals surface area (Å²) in [5, 5.41) is 4.40. The van der Waals surface area contributed by atoms with Crippen LogP contribution in [0.2, 0.25) is 5.02 Å². The first-order valence-electron chi connectivity index (χ1n) is 8.64. The Bertz CT molecular complexity index is 908. The Hall–Kier alpha value is -1.55. The van der Waals surface area contributed by atoms with Crippen LogP contribution in [-0.2, 0) is 15.8 Å². The predicted octanol–water partition coefficient (Wildman–Crippen LogP) is 2.47. The van der Waals surface area contributed by atoms with Crippen LogP contribution < -0.4 is 4.72 Å². The van der Waals surface area contributed by atoms with Gasteiger partial charge in [-0.05, 0) is 54.9 Å². The molecular formula is C17H21ClN4O3S2. The molecule has 1 aliphatic heterocycles. The van der Waals surface area contributed by atoms with Crippen LogP contribution in [0.1, 0.15) is 33.8 Å². The van der Waals surface area contributed by atoms with Crippen molar-refractivity contribution >= 4 is 39.1 Å². The normalized spacial score (nSPS) is 15.9. The Labute approximate surface area is 167 Å². The maximum atomic E-state index is 12.5. The lowest BCUT2D eigenvalue weighted by atomic mass is 9.97. The van der Waals surface area contributed by atoms with E-state index >= 15 is 0 Å². The van der Waals surface area contributed by atoms with Crippen LogP contribution >= 0.6 is 23.1 Å². The highest BCUT2D eigenvalue weighted by atomic mass is 35.5. The number of piperidine rings is 1. The van der Waals surface area contributed by atoms with Gasteiger partial charge in [-0.15, -0.1) is 5.10 Å². The lowest BCUT2D eigenvalue weighted by Crippen LogP contribution is -2.41. The summed E-state index contributed by atoms with van der Waals surface area (Å²) >= 11 is 7.02. The van der Waals surface area contributed by atoms with E-state index in [9.17, 15) is 13.2 Å². The molecule has 1 aromatic carbocycles. The number of likely N-dealkylation sites (tertiary alicyclic amines) is 1. The maximum absolute atomic E-state index is 12.5. The Morgan fingerprint density at radius 3 is 2.74 bits per heavy atom. The van der Waals surface area contributed by atoms with E-state index in [0.717, 1.165) is 24.4 Å². The van der Waals surface area contributed by atoms with Gasteiger partial charge in [0.25, 0.3) is 5.91 Å². The van der Waals surface area contributed by atoms with E-state index in [4.69, 9.17) is 11.6 Å². The van der Waals surface area contributed by atoms with Crippen LogP contribution in [0.4, 0.5) is 0 Å². The van der Waals surface area contributed by atoms with Crippen molar-refractivity contribution in [3.8, 4) is 0 Å². The minimum absolute atomic E-state index is 0.0394. The molecule has 0 saturated carbocycles. The monoisotopic (exact) mass is 428 g/mol. The SMILES string of the molecule is Cc1nnsc1C(=O)N1CCC(CNS(=O)(=O)Cc2cccc(Cl)c2)CC1. The van der Waals surface area contributed by atoms with Crippen LogP contribution in [0.3, 0.4) is 0 Å². The topological polar surface area (TPSA) is 92.3 Å². The number of sulfonamides is 1. The number of carbonyl (C=O) groups is 1. The molecule has 1 saturated heterocycles. The van der Waals surface area contributed by atoms with Crippen molar-refractivity contribution in [2.24, 2.45) is 5.92 Å². The number of rotatable bonds is 6. The molecule has 0 atom stereocenters. The smallest absolute Gasteiger partial charge is 0.267 e. The molecule has 1 aromatic heterocycles. The molecule has 1 N–H and O–H groups in total. The zero-order chi connectivity index (χ0) is 19.4. The summed E-state index contributed by atoms with van der Waals surface area (Å²) in [4.78, 5) is 14.8. The number of aromatic nitrogens is 2. The molecule has 0 radical (unpaired) electrons. The van der Waals surface area contributed by atoms with Crippen molar-refractivity contribution < 1.29 is 13.2 Å². The molecule has 0 spiro atoms. The molecule has 1 fully saturated rings. The van der Waals surface area contributed by atoms with Gasteiger partial charge < -0.3 is 4.90 Å². The van der Waals surface area contributed by atoms with Gasteiger partial charge in [-0.2, -0.15) is 0 Å². The summed E-state index contributed by atoms with van der Waals surface area (Å²) in [6.07, 6.45) is 1.52. The van der Waals surface area contributed by atoms with Crippen molar-refractivity contribution in [1.29, 1.82) is 0 Å².